The molecule has 1 unspecified atom stereocenters. The monoisotopic (exact) mass is 160 g/mol. The maximum absolute atomic E-state index is 5.54. The van der Waals surface area contributed by atoms with Gasteiger partial charge in [0.15, 0.2) is 0 Å². The fraction of sp³-hybridized carbons (Fsp3) is 1.00. The van der Waals surface area contributed by atoms with Crippen LogP contribution in [-0.4, -0.2) is 17.8 Å². The molecule has 0 N–H and O–H groups in total. The van der Waals surface area contributed by atoms with E-state index in [0.717, 1.165) is 6.61 Å². The molecule has 1 aliphatic rings. The van der Waals surface area contributed by atoms with Crippen LogP contribution in [0.1, 0.15) is 32.6 Å². The van der Waals surface area contributed by atoms with Crippen molar-refractivity contribution in [3.05, 3.63) is 0 Å². The molecule has 0 aromatic carbocycles. The Kier molecular flexibility index (Phi) is 4.23. The summed E-state index contributed by atoms with van der Waals surface area (Å²) in [6.45, 7) is 3.22. The Labute approximate surface area is 67.5 Å². The fourth-order valence-electron chi connectivity index (χ4n) is 1.07. The van der Waals surface area contributed by atoms with Crippen LogP contribution in [0.5, 0.6) is 0 Å². The number of hydrogen-bond donors (Lipinski definition) is 0. The zero-order valence-electron chi connectivity index (χ0n) is 6.64. The fourth-order valence-corrected chi connectivity index (χ4v) is 2.15. The van der Waals surface area contributed by atoms with E-state index in [1.807, 2.05) is 11.8 Å². The van der Waals surface area contributed by atoms with Crippen molar-refractivity contribution < 1.29 is 4.74 Å². The van der Waals surface area contributed by atoms with Crippen molar-refractivity contribution in [3.63, 3.8) is 0 Å². The quantitative estimate of drug-likeness (QED) is 0.627. The van der Waals surface area contributed by atoms with E-state index in [1.165, 1.54) is 31.4 Å². The summed E-state index contributed by atoms with van der Waals surface area (Å²) >= 11 is 1.98. The van der Waals surface area contributed by atoms with E-state index < -0.39 is 0 Å². The van der Waals surface area contributed by atoms with Crippen LogP contribution in [0.3, 0.4) is 0 Å². The van der Waals surface area contributed by atoms with Crippen LogP contribution < -0.4 is 0 Å². The Hall–Kier alpha value is 0.310. The maximum Gasteiger partial charge on any atom is 0.103 e. The first-order valence-corrected chi connectivity index (χ1v) is 5.21. The highest BCUT2D eigenvalue weighted by Crippen LogP contribution is 2.23. The zero-order chi connectivity index (χ0) is 7.23. The van der Waals surface area contributed by atoms with Gasteiger partial charge in [-0.1, -0.05) is 19.8 Å². The van der Waals surface area contributed by atoms with Crippen molar-refractivity contribution in [2.24, 2.45) is 0 Å². The first kappa shape index (κ1) is 8.41. The third kappa shape index (κ3) is 2.93. The summed E-state index contributed by atoms with van der Waals surface area (Å²) < 4.78 is 5.54. The lowest BCUT2D eigenvalue weighted by atomic mass is 10.3. The second kappa shape index (κ2) is 5.03. The van der Waals surface area contributed by atoms with Gasteiger partial charge in [-0.25, -0.2) is 0 Å². The van der Waals surface area contributed by atoms with Crippen molar-refractivity contribution in [2.45, 2.75) is 38.0 Å². The van der Waals surface area contributed by atoms with Gasteiger partial charge in [0.05, 0.1) is 0 Å². The summed E-state index contributed by atoms with van der Waals surface area (Å²) in [5.41, 5.74) is 0.522. The summed E-state index contributed by atoms with van der Waals surface area (Å²) in [5, 5.41) is 0. The highest BCUT2D eigenvalue weighted by atomic mass is 32.2. The molecule has 0 saturated carbocycles. The number of thioether (sulfide) groups is 1. The molecule has 0 amide bonds. The maximum atomic E-state index is 5.54. The molecule has 1 nitrogen and oxygen atoms in total. The molecule has 0 aromatic rings. The predicted octanol–water partition coefficient (Wildman–Crippen LogP) is 2.66. The minimum absolute atomic E-state index is 0.522. The SMILES string of the molecule is CCCCC1OCCCS1. The Morgan fingerprint density at radius 2 is 2.50 bits per heavy atom. The molecule has 0 aliphatic carbocycles. The molecule has 0 radical (unpaired) electrons. The minimum Gasteiger partial charge on any atom is -0.368 e. The van der Waals surface area contributed by atoms with Gasteiger partial charge in [-0.3, -0.25) is 0 Å². The van der Waals surface area contributed by atoms with Crippen molar-refractivity contribution >= 4 is 11.8 Å². The third-order valence-corrected chi connectivity index (χ3v) is 2.96. The van der Waals surface area contributed by atoms with Crippen molar-refractivity contribution in [1.29, 1.82) is 0 Å². The van der Waals surface area contributed by atoms with Crippen molar-refractivity contribution in [3.8, 4) is 0 Å². The summed E-state index contributed by atoms with van der Waals surface area (Å²) in [5.74, 6) is 1.30. The second-order valence-electron chi connectivity index (χ2n) is 2.67. The summed E-state index contributed by atoms with van der Waals surface area (Å²) in [7, 11) is 0. The number of rotatable bonds is 3. The molecule has 0 bridgehead atoms. The van der Waals surface area contributed by atoms with Gasteiger partial charge in [-0.15, -0.1) is 11.8 Å². The molecule has 0 aromatic heterocycles. The molecule has 1 heterocycles. The molecule has 1 rings (SSSR count). The summed E-state index contributed by atoms with van der Waals surface area (Å²) in [4.78, 5) is 0. The second-order valence-corrected chi connectivity index (χ2v) is 3.93. The van der Waals surface area contributed by atoms with Crippen LogP contribution in [0.2, 0.25) is 0 Å². The highest BCUT2D eigenvalue weighted by molar-refractivity contribution is 7.99. The third-order valence-electron chi connectivity index (χ3n) is 1.69. The molecular weight excluding hydrogens is 144 g/mol. The Bertz CT molecular complexity index is 79.3. The van der Waals surface area contributed by atoms with Crippen LogP contribution in [0.15, 0.2) is 0 Å². The molecule has 1 saturated heterocycles. The van der Waals surface area contributed by atoms with Crippen LogP contribution >= 0.6 is 11.8 Å². The normalized spacial score (nSPS) is 26.7. The predicted molar refractivity (Wildman–Crippen MR) is 46.3 cm³/mol. The number of ether oxygens (including phenoxy) is 1. The van der Waals surface area contributed by atoms with E-state index in [4.69, 9.17) is 4.74 Å². The van der Waals surface area contributed by atoms with E-state index in [1.54, 1.807) is 0 Å². The van der Waals surface area contributed by atoms with E-state index in [9.17, 15) is 0 Å². The van der Waals surface area contributed by atoms with Gasteiger partial charge in [0.1, 0.15) is 5.44 Å². The van der Waals surface area contributed by atoms with E-state index >= 15 is 0 Å². The molecule has 1 atom stereocenters. The molecule has 1 fully saturated rings. The molecule has 2 heteroatoms. The standard InChI is InChI=1S/C8H16OS/c1-2-3-5-8-9-6-4-7-10-8/h8H,2-7H2,1H3. The number of hydrogen-bond acceptors (Lipinski definition) is 2. The topological polar surface area (TPSA) is 9.23 Å². The van der Waals surface area contributed by atoms with Crippen LogP contribution in [0, 0.1) is 0 Å². The smallest absolute Gasteiger partial charge is 0.103 e. The highest BCUT2D eigenvalue weighted by Gasteiger charge is 2.12. The van der Waals surface area contributed by atoms with Crippen molar-refractivity contribution in [1.82, 2.24) is 0 Å². The van der Waals surface area contributed by atoms with Gasteiger partial charge < -0.3 is 4.74 Å². The molecule has 0 spiro atoms. The van der Waals surface area contributed by atoms with Gasteiger partial charge in [0, 0.05) is 6.61 Å². The lowest BCUT2D eigenvalue weighted by molar-refractivity contribution is 0.0989. The zero-order valence-corrected chi connectivity index (χ0v) is 7.45. The lowest BCUT2D eigenvalue weighted by Crippen LogP contribution is -2.15. The van der Waals surface area contributed by atoms with Gasteiger partial charge in [-0.2, -0.15) is 0 Å². The average molecular weight is 160 g/mol. The lowest BCUT2D eigenvalue weighted by Gasteiger charge is -2.21. The van der Waals surface area contributed by atoms with E-state index in [0.29, 0.717) is 5.44 Å². The molecule has 10 heavy (non-hydrogen) atoms. The molecule has 60 valence electrons. The first-order valence-electron chi connectivity index (χ1n) is 4.16. The first-order chi connectivity index (χ1) is 4.93. The average Bonchev–Trinajstić information content (AvgIpc) is 2.03. The minimum atomic E-state index is 0.522. The van der Waals surface area contributed by atoms with Gasteiger partial charge in [-0.05, 0) is 18.6 Å². The summed E-state index contributed by atoms with van der Waals surface area (Å²) in [6, 6.07) is 0. The van der Waals surface area contributed by atoms with E-state index in [2.05, 4.69) is 6.92 Å². The Morgan fingerprint density at radius 1 is 1.60 bits per heavy atom. The Balaban J connectivity index is 2.02. The van der Waals surface area contributed by atoms with Gasteiger partial charge in [0.25, 0.3) is 0 Å². The van der Waals surface area contributed by atoms with Crippen LogP contribution in [0.4, 0.5) is 0 Å². The van der Waals surface area contributed by atoms with E-state index in [-0.39, 0.29) is 0 Å². The van der Waals surface area contributed by atoms with Crippen molar-refractivity contribution in [2.75, 3.05) is 12.4 Å². The molecule has 1 aliphatic heterocycles. The largest absolute Gasteiger partial charge is 0.368 e. The van der Waals surface area contributed by atoms with Crippen LogP contribution in [0.25, 0.3) is 0 Å². The Morgan fingerprint density at radius 3 is 3.10 bits per heavy atom. The molecular formula is C8H16OS. The van der Waals surface area contributed by atoms with Gasteiger partial charge >= 0.3 is 0 Å². The summed E-state index contributed by atoms with van der Waals surface area (Å²) in [6.07, 6.45) is 5.10. The van der Waals surface area contributed by atoms with Gasteiger partial charge in [0.2, 0.25) is 0 Å². The van der Waals surface area contributed by atoms with Crippen LogP contribution in [-0.2, 0) is 4.74 Å². The number of unbranched alkanes of at least 4 members (excludes halogenated alkanes) is 1.